The number of halogens is 1. The molecule has 0 fully saturated rings. The van der Waals surface area contributed by atoms with Crippen molar-refractivity contribution in [2.24, 2.45) is 0 Å². The van der Waals surface area contributed by atoms with Gasteiger partial charge in [0.2, 0.25) is 11.8 Å². The first-order chi connectivity index (χ1) is 12.6. The Morgan fingerprint density at radius 2 is 1.69 bits per heavy atom. The zero-order valence-corrected chi connectivity index (χ0v) is 14.6. The van der Waals surface area contributed by atoms with Gasteiger partial charge in [-0.05, 0) is 24.3 Å². The van der Waals surface area contributed by atoms with Crippen LogP contribution >= 0.6 is 11.8 Å². The molecule has 0 spiro atoms. The summed E-state index contributed by atoms with van der Waals surface area (Å²) in [5.41, 5.74) is 0.106. The molecule has 0 atom stereocenters. The molecule has 1 heterocycles. The molecule has 138 valence electrons. The number of rotatable bonds is 9. The predicted molar refractivity (Wildman–Crippen MR) is 96.4 cm³/mol. The molecule has 0 bridgehead atoms. The van der Waals surface area contributed by atoms with Gasteiger partial charge in [0.15, 0.2) is 5.76 Å². The Bertz CT molecular complexity index is 752. The second-order valence-electron chi connectivity index (χ2n) is 5.10. The first-order valence-corrected chi connectivity index (χ1v) is 8.92. The summed E-state index contributed by atoms with van der Waals surface area (Å²) in [5.74, 6) is -1.22. The van der Waals surface area contributed by atoms with E-state index in [9.17, 15) is 18.8 Å². The van der Waals surface area contributed by atoms with Gasteiger partial charge in [0.05, 0.1) is 23.5 Å². The number of anilines is 1. The second-order valence-corrected chi connectivity index (χ2v) is 6.09. The highest BCUT2D eigenvalue weighted by molar-refractivity contribution is 8.00. The number of amides is 3. The van der Waals surface area contributed by atoms with Crippen LogP contribution in [0.1, 0.15) is 10.6 Å². The third kappa shape index (κ3) is 6.60. The van der Waals surface area contributed by atoms with E-state index in [0.29, 0.717) is 0 Å². The number of carbonyl (C=O) groups excluding carboxylic acids is 3. The van der Waals surface area contributed by atoms with E-state index in [2.05, 4.69) is 16.0 Å². The molecular formula is C17H18FN3O4S. The Hall–Kier alpha value is -2.81. The fourth-order valence-corrected chi connectivity index (χ4v) is 2.56. The number of benzene rings is 1. The molecule has 26 heavy (non-hydrogen) atoms. The molecule has 1 aromatic carbocycles. The lowest BCUT2D eigenvalue weighted by Gasteiger charge is -2.07. The normalized spacial score (nSPS) is 10.2. The van der Waals surface area contributed by atoms with Crippen LogP contribution in [0, 0.1) is 5.82 Å². The molecule has 0 aliphatic heterocycles. The number of hydrogen-bond donors (Lipinski definition) is 3. The Balaban J connectivity index is 1.55. The van der Waals surface area contributed by atoms with E-state index in [1.54, 1.807) is 12.1 Å². The van der Waals surface area contributed by atoms with E-state index in [1.807, 2.05) is 0 Å². The van der Waals surface area contributed by atoms with Gasteiger partial charge in [-0.3, -0.25) is 14.4 Å². The summed E-state index contributed by atoms with van der Waals surface area (Å²) in [6, 6.07) is 9.00. The van der Waals surface area contributed by atoms with Crippen LogP contribution in [-0.4, -0.2) is 42.3 Å². The van der Waals surface area contributed by atoms with E-state index in [0.717, 1.165) is 11.8 Å². The summed E-state index contributed by atoms with van der Waals surface area (Å²) >= 11 is 1.11. The summed E-state index contributed by atoms with van der Waals surface area (Å²) in [6.07, 6.45) is 1.40. The van der Waals surface area contributed by atoms with Gasteiger partial charge >= 0.3 is 0 Å². The van der Waals surface area contributed by atoms with Gasteiger partial charge in [-0.15, -0.1) is 11.8 Å². The zero-order chi connectivity index (χ0) is 18.8. The van der Waals surface area contributed by atoms with Crippen molar-refractivity contribution in [3.8, 4) is 0 Å². The third-order valence-corrected chi connectivity index (χ3v) is 4.02. The number of thioether (sulfide) groups is 1. The van der Waals surface area contributed by atoms with E-state index in [1.165, 1.54) is 30.5 Å². The van der Waals surface area contributed by atoms with Gasteiger partial charge in [0.1, 0.15) is 5.82 Å². The van der Waals surface area contributed by atoms with Gasteiger partial charge in [-0.1, -0.05) is 12.1 Å². The fraction of sp³-hybridized carbons (Fsp3) is 0.235. The molecule has 1 aromatic heterocycles. The highest BCUT2D eigenvalue weighted by atomic mass is 32.2. The van der Waals surface area contributed by atoms with Crippen LogP contribution in [0.25, 0.3) is 0 Å². The van der Waals surface area contributed by atoms with Crippen molar-refractivity contribution < 1.29 is 23.2 Å². The predicted octanol–water partition coefficient (Wildman–Crippen LogP) is 1.64. The highest BCUT2D eigenvalue weighted by Crippen LogP contribution is 2.12. The van der Waals surface area contributed by atoms with Crippen molar-refractivity contribution in [1.29, 1.82) is 0 Å². The maximum atomic E-state index is 13.4. The number of carbonyl (C=O) groups is 3. The van der Waals surface area contributed by atoms with Crippen LogP contribution in [0.4, 0.5) is 10.1 Å². The molecule has 0 unspecified atom stereocenters. The molecule has 3 N–H and O–H groups in total. The monoisotopic (exact) mass is 379 g/mol. The fourth-order valence-electron chi connectivity index (χ4n) is 1.91. The lowest BCUT2D eigenvalue weighted by atomic mass is 10.3. The van der Waals surface area contributed by atoms with E-state index in [-0.39, 0.29) is 47.9 Å². The topological polar surface area (TPSA) is 100 Å². The van der Waals surface area contributed by atoms with Crippen LogP contribution in [0.3, 0.4) is 0 Å². The maximum Gasteiger partial charge on any atom is 0.287 e. The maximum absolute atomic E-state index is 13.4. The van der Waals surface area contributed by atoms with E-state index in [4.69, 9.17) is 4.42 Å². The summed E-state index contributed by atoms with van der Waals surface area (Å²) in [6.45, 7) is 0.511. The van der Waals surface area contributed by atoms with Crippen molar-refractivity contribution in [1.82, 2.24) is 10.6 Å². The molecule has 2 rings (SSSR count). The van der Waals surface area contributed by atoms with Crippen molar-refractivity contribution in [2.75, 3.05) is 29.9 Å². The van der Waals surface area contributed by atoms with Crippen molar-refractivity contribution >= 4 is 35.2 Å². The van der Waals surface area contributed by atoms with Gasteiger partial charge in [0.25, 0.3) is 5.91 Å². The van der Waals surface area contributed by atoms with Gasteiger partial charge in [0, 0.05) is 13.1 Å². The van der Waals surface area contributed by atoms with Crippen molar-refractivity contribution in [3.63, 3.8) is 0 Å². The van der Waals surface area contributed by atoms with Crippen LogP contribution < -0.4 is 16.0 Å². The largest absolute Gasteiger partial charge is 0.459 e. The minimum absolute atomic E-state index is 0.0248. The van der Waals surface area contributed by atoms with Crippen LogP contribution in [-0.2, 0) is 9.59 Å². The Labute approximate surface area is 153 Å². The van der Waals surface area contributed by atoms with Gasteiger partial charge in [-0.2, -0.15) is 0 Å². The van der Waals surface area contributed by atoms with Crippen LogP contribution in [0.15, 0.2) is 47.1 Å². The molecule has 0 aliphatic rings. The summed E-state index contributed by atoms with van der Waals surface area (Å²) in [5, 5.41) is 7.65. The second kappa shape index (κ2) is 10.2. The molecule has 0 saturated carbocycles. The van der Waals surface area contributed by atoms with Crippen LogP contribution in [0.5, 0.6) is 0 Å². The van der Waals surface area contributed by atoms with Gasteiger partial charge < -0.3 is 20.4 Å². The molecule has 0 aliphatic carbocycles. The molecule has 0 saturated heterocycles. The lowest BCUT2D eigenvalue weighted by Crippen LogP contribution is -2.35. The first-order valence-electron chi connectivity index (χ1n) is 7.77. The summed E-state index contributed by atoms with van der Waals surface area (Å²) < 4.78 is 18.3. The molecule has 3 amide bonds. The summed E-state index contributed by atoms with van der Waals surface area (Å²) in [7, 11) is 0. The molecule has 9 heteroatoms. The summed E-state index contributed by atoms with van der Waals surface area (Å²) in [4.78, 5) is 34.9. The minimum Gasteiger partial charge on any atom is -0.459 e. The Morgan fingerprint density at radius 1 is 0.962 bits per heavy atom. The van der Waals surface area contributed by atoms with Crippen LogP contribution in [0.2, 0.25) is 0 Å². The van der Waals surface area contributed by atoms with E-state index < -0.39 is 11.7 Å². The van der Waals surface area contributed by atoms with Crippen molar-refractivity contribution in [3.05, 3.63) is 54.2 Å². The SMILES string of the molecule is O=C(CSCC(=O)Nc1ccccc1F)NCCNC(=O)c1ccco1. The zero-order valence-electron chi connectivity index (χ0n) is 13.8. The highest BCUT2D eigenvalue weighted by Gasteiger charge is 2.09. The number of furan rings is 1. The minimum atomic E-state index is -0.514. The number of para-hydroxylation sites is 1. The third-order valence-electron chi connectivity index (χ3n) is 3.09. The number of nitrogens with one attached hydrogen (secondary N) is 3. The Morgan fingerprint density at radius 3 is 2.42 bits per heavy atom. The molecule has 0 radical (unpaired) electrons. The van der Waals surface area contributed by atoms with Gasteiger partial charge in [-0.25, -0.2) is 4.39 Å². The van der Waals surface area contributed by atoms with Crippen molar-refractivity contribution in [2.45, 2.75) is 0 Å². The smallest absolute Gasteiger partial charge is 0.287 e. The quantitative estimate of drug-likeness (QED) is 0.575. The first kappa shape index (κ1) is 19.5. The molecule has 2 aromatic rings. The molecule has 7 nitrogen and oxygen atoms in total. The average molecular weight is 379 g/mol. The van der Waals surface area contributed by atoms with E-state index >= 15 is 0 Å². The standard InChI is InChI=1S/C17H18FN3O4S/c18-12-4-1-2-5-13(12)21-16(23)11-26-10-15(22)19-7-8-20-17(24)14-6-3-9-25-14/h1-6,9H,7-8,10-11H2,(H,19,22)(H,20,24)(H,21,23). The number of hydrogen-bond acceptors (Lipinski definition) is 5. The molecular weight excluding hydrogens is 361 g/mol. The average Bonchev–Trinajstić information content (AvgIpc) is 3.15. The Kier molecular flexibility index (Phi) is 7.69. The lowest BCUT2D eigenvalue weighted by molar-refractivity contribution is -0.118.